The van der Waals surface area contributed by atoms with Crippen LogP contribution in [0.15, 0.2) is 36.9 Å². The Hall–Kier alpha value is -1.29. The van der Waals surface area contributed by atoms with Crippen molar-refractivity contribution in [3.05, 3.63) is 42.5 Å². The van der Waals surface area contributed by atoms with E-state index in [9.17, 15) is 8.42 Å². The fraction of sp³-hybridized carbons (Fsp3) is 0.385. The largest absolute Gasteiger partial charge is 0.497 e. The topological polar surface area (TPSA) is 43.4 Å². The maximum Gasteiger partial charge on any atom is 0.163 e. The highest BCUT2D eigenvalue weighted by molar-refractivity contribution is 7.92. The Bertz CT molecular complexity index is 472. The van der Waals surface area contributed by atoms with Gasteiger partial charge in [0.1, 0.15) is 11.0 Å². The third-order valence-electron chi connectivity index (χ3n) is 2.67. The smallest absolute Gasteiger partial charge is 0.163 e. The number of hydrogen-bond acceptors (Lipinski definition) is 3. The Kier molecular flexibility index (Phi) is 4.34. The van der Waals surface area contributed by atoms with Crippen molar-refractivity contribution in [1.82, 2.24) is 0 Å². The van der Waals surface area contributed by atoms with Crippen LogP contribution in [-0.4, -0.2) is 20.8 Å². The Morgan fingerprint density at radius 1 is 1.24 bits per heavy atom. The second-order valence-corrected chi connectivity index (χ2v) is 6.70. The molecule has 1 aromatic rings. The third kappa shape index (κ3) is 2.88. The van der Waals surface area contributed by atoms with Crippen LogP contribution in [0.1, 0.15) is 24.7 Å². The van der Waals surface area contributed by atoms with Gasteiger partial charge in [-0.1, -0.05) is 18.2 Å². The summed E-state index contributed by atoms with van der Waals surface area (Å²) >= 11 is 0. The Morgan fingerprint density at radius 2 is 1.76 bits per heavy atom. The second kappa shape index (κ2) is 5.36. The molecule has 0 heterocycles. The van der Waals surface area contributed by atoms with Crippen molar-refractivity contribution in [3.8, 4) is 5.75 Å². The van der Waals surface area contributed by atoms with Crippen LogP contribution in [0.2, 0.25) is 0 Å². The molecule has 0 aromatic heterocycles. The fourth-order valence-electron chi connectivity index (χ4n) is 1.55. The monoisotopic (exact) mass is 254 g/mol. The van der Waals surface area contributed by atoms with Crippen LogP contribution in [0, 0.1) is 0 Å². The van der Waals surface area contributed by atoms with Crippen LogP contribution in [0.4, 0.5) is 0 Å². The van der Waals surface area contributed by atoms with Crippen LogP contribution >= 0.6 is 0 Å². The molecule has 0 aliphatic heterocycles. The molecule has 94 valence electrons. The first-order valence-electron chi connectivity index (χ1n) is 5.42. The second-order valence-electron chi connectivity index (χ2n) is 4.07. The van der Waals surface area contributed by atoms with Gasteiger partial charge in [0.25, 0.3) is 0 Å². The first-order chi connectivity index (χ1) is 7.93. The van der Waals surface area contributed by atoms with Crippen LogP contribution < -0.4 is 4.74 Å². The molecule has 1 unspecified atom stereocenters. The molecule has 1 aromatic carbocycles. The lowest BCUT2D eigenvalue weighted by molar-refractivity contribution is 0.414. The third-order valence-corrected chi connectivity index (χ3v) is 5.16. The lowest BCUT2D eigenvalue weighted by Crippen LogP contribution is -2.20. The van der Waals surface area contributed by atoms with Gasteiger partial charge >= 0.3 is 0 Å². The molecule has 1 atom stereocenters. The summed E-state index contributed by atoms with van der Waals surface area (Å²) in [4.78, 5) is 0. The summed E-state index contributed by atoms with van der Waals surface area (Å²) in [6.45, 7) is 6.97. The normalized spacial score (nSPS) is 13.4. The van der Waals surface area contributed by atoms with Crippen LogP contribution in [0.3, 0.4) is 0 Å². The van der Waals surface area contributed by atoms with Crippen molar-refractivity contribution in [2.24, 2.45) is 0 Å². The van der Waals surface area contributed by atoms with Gasteiger partial charge in [0.15, 0.2) is 9.84 Å². The molecule has 0 fully saturated rings. The van der Waals surface area contributed by atoms with Crippen LogP contribution in [0.5, 0.6) is 5.75 Å². The summed E-state index contributed by atoms with van der Waals surface area (Å²) in [5.74, 6) is 0.707. The number of methoxy groups -OCH3 is 1. The molecular weight excluding hydrogens is 236 g/mol. The summed E-state index contributed by atoms with van der Waals surface area (Å²) in [6.07, 6.45) is 1.47. The number of rotatable bonds is 5. The Morgan fingerprint density at radius 3 is 2.12 bits per heavy atom. The molecule has 17 heavy (non-hydrogen) atoms. The van der Waals surface area contributed by atoms with E-state index < -0.39 is 20.3 Å². The molecule has 0 saturated heterocycles. The highest BCUT2D eigenvalue weighted by Crippen LogP contribution is 2.28. The van der Waals surface area contributed by atoms with Crippen molar-refractivity contribution >= 4 is 9.84 Å². The highest BCUT2D eigenvalue weighted by atomic mass is 32.2. The van der Waals surface area contributed by atoms with Gasteiger partial charge in [0.2, 0.25) is 0 Å². The van der Waals surface area contributed by atoms with Gasteiger partial charge in [0.05, 0.1) is 12.4 Å². The van der Waals surface area contributed by atoms with Gasteiger partial charge < -0.3 is 4.74 Å². The summed E-state index contributed by atoms with van der Waals surface area (Å²) in [5.41, 5.74) is 0.717. The van der Waals surface area contributed by atoms with Crippen LogP contribution in [0.25, 0.3) is 0 Å². The number of benzene rings is 1. The van der Waals surface area contributed by atoms with E-state index in [1.165, 1.54) is 6.08 Å². The SMILES string of the molecule is C=CC(c1ccc(OC)cc1)S(=O)(=O)C(C)C. The lowest BCUT2D eigenvalue weighted by Gasteiger charge is -2.17. The summed E-state index contributed by atoms with van der Waals surface area (Å²) < 4.78 is 29.3. The standard InChI is InChI=1S/C13H18O3S/c1-5-13(17(14,15)10(2)3)11-6-8-12(16-4)9-7-11/h5-10,13H,1H2,2-4H3. The van der Waals surface area contributed by atoms with E-state index in [-0.39, 0.29) is 0 Å². The molecule has 0 aliphatic carbocycles. The van der Waals surface area contributed by atoms with Crippen molar-refractivity contribution in [2.45, 2.75) is 24.3 Å². The molecule has 0 radical (unpaired) electrons. The zero-order valence-corrected chi connectivity index (χ0v) is 11.2. The van der Waals surface area contributed by atoms with E-state index in [1.54, 1.807) is 45.2 Å². The van der Waals surface area contributed by atoms with Gasteiger partial charge in [0, 0.05) is 0 Å². The van der Waals surface area contributed by atoms with E-state index in [1.807, 2.05) is 0 Å². The molecule has 0 spiro atoms. The van der Waals surface area contributed by atoms with E-state index >= 15 is 0 Å². The zero-order valence-electron chi connectivity index (χ0n) is 10.4. The maximum absolute atomic E-state index is 12.1. The van der Waals surface area contributed by atoms with Crippen LogP contribution in [-0.2, 0) is 9.84 Å². The van der Waals surface area contributed by atoms with Gasteiger partial charge in [-0.3, -0.25) is 0 Å². The lowest BCUT2D eigenvalue weighted by atomic mass is 10.1. The van der Waals surface area contributed by atoms with Crippen molar-refractivity contribution in [1.29, 1.82) is 0 Å². The summed E-state index contributed by atoms with van der Waals surface area (Å²) in [7, 11) is -1.65. The van der Waals surface area contributed by atoms with E-state index in [0.29, 0.717) is 5.75 Å². The molecule has 1 rings (SSSR count). The van der Waals surface area contributed by atoms with Crippen molar-refractivity contribution < 1.29 is 13.2 Å². The minimum Gasteiger partial charge on any atom is -0.497 e. The van der Waals surface area contributed by atoms with Gasteiger partial charge in [-0.05, 0) is 31.5 Å². The zero-order chi connectivity index (χ0) is 13.1. The quantitative estimate of drug-likeness (QED) is 0.759. The minimum absolute atomic E-state index is 0.424. The molecule has 3 nitrogen and oxygen atoms in total. The first-order valence-corrected chi connectivity index (χ1v) is 7.03. The average molecular weight is 254 g/mol. The molecule has 0 bridgehead atoms. The van der Waals surface area contributed by atoms with E-state index in [2.05, 4.69) is 6.58 Å². The number of hydrogen-bond donors (Lipinski definition) is 0. The van der Waals surface area contributed by atoms with Gasteiger partial charge in [-0.2, -0.15) is 0 Å². The number of sulfone groups is 1. The Balaban J connectivity index is 3.14. The van der Waals surface area contributed by atoms with Crippen molar-refractivity contribution in [2.75, 3.05) is 7.11 Å². The number of ether oxygens (including phenoxy) is 1. The van der Waals surface area contributed by atoms with E-state index in [4.69, 9.17) is 4.74 Å². The molecule has 0 saturated carbocycles. The van der Waals surface area contributed by atoms with Crippen molar-refractivity contribution in [3.63, 3.8) is 0 Å². The fourth-order valence-corrected chi connectivity index (χ4v) is 2.94. The maximum atomic E-state index is 12.1. The molecule has 0 N–H and O–H groups in total. The molecular formula is C13H18O3S. The molecule has 0 amide bonds. The Labute approximate surface area is 103 Å². The summed E-state index contributed by atoms with van der Waals surface area (Å²) in [6, 6.07) is 7.01. The highest BCUT2D eigenvalue weighted by Gasteiger charge is 2.27. The first kappa shape index (κ1) is 13.8. The molecule has 0 aliphatic rings. The summed E-state index contributed by atoms with van der Waals surface area (Å²) in [5, 5.41) is -1.08. The molecule has 4 heteroatoms. The predicted octanol–water partition coefficient (Wildman–Crippen LogP) is 2.75. The van der Waals surface area contributed by atoms with Gasteiger partial charge in [-0.15, -0.1) is 6.58 Å². The minimum atomic E-state index is -3.22. The van der Waals surface area contributed by atoms with Gasteiger partial charge in [-0.25, -0.2) is 8.42 Å². The van der Waals surface area contributed by atoms with E-state index in [0.717, 1.165) is 5.56 Å². The predicted molar refractivity (Wildman–Crippen MR) is 70.0 cm³/mol. The average Bonchev–Trinajstić information content (AvgIpc) is 2.30.